The molecule has 2 aliphatic rings. The van der Waals surface area contributed by atoms with E-state index in [1.54, 1.807) is 12.3 Å². The highest BCUT2D eigenvalue weighted by Crippen LogP contribution is 2.44. The van der Waals surface area contributed by atoms with E-state index in [0.717, 1.165) is 59.1 Å². The van der Waals surface area contributed by atoms with Crippen LogP contribution in [0.4, 0.5) is 5.82 Å². The van der Waals surface area contributed by atoms with E-state index in [9.17, 15) is 5.21 Å². The van der Waals surface area contributed by atoms with Crippen molar-refractivity contribution in [1.82, 2.24) is 15.0 Å². The molecule has 33 heavy (non-hydrogen) atoms. The molecule has 0 unspecified atom stereocenters. The van der Waals surface area contributed by atoms with Crippen LogP contribution in [0.15, 0.2) is 58.8 Å². The summed E-state index contributed by atoms with van der Waals surface area (Å²) in [7, 11) is 0. The fraction of sp³-hybridized carbons (Fsp3) is 0.280. The Kier molecular flexibility index (Phi) is 4.92. The van der Waals surface area contributed by atoms with Crippen LogP contribution in [0.1, 0.15) is 29.7 Å². The molecule has 1 saturated heterocycles. The zero-order valence-corrected chi connectivity index (χ0v) is 19.2. The maximum Gasteiger partial charge on any atom is 0.243 e. The highest BCUT2D eigenvalue weighted by Gasteiger charge is 2.30. The lowest BCUT2D eigenvalue weighted by Crippen LogP contribution is -2.43. The van der Waals surface area contributed by atoms with Crippen molar-refractivity contribution < 1.29 is 4.73 Å². The van der Waals surface area contributed by atoms with Gasteiger partial charge in [0.25, 0.3) is 0 Å². The fourth-order valence-corrected chi connectivity index (χ4v) is 5.67. The molecule has 0 spiro atoms. The van der Waals surface area contributed by atoms with Gasteiger partial charge in [-0.1, -0.05) is 18.2 Å². The van der Waals surface area contributed by atoms with Gasteiger partial charge in [-0.25, -0.2) is 15.0 Å². The van der Waals surface area contributed by atoms with Crippen molar-refractivity contribution in [2.24, 2.45) is 5.73 Å². The quantitative estimate of drug-likeness (QED) is 0.252. The molecule has 0 radical (unpaired) electrons. The number of hydrogen-bond acceptors (Lipinski definition) is 7. The van der Waals surface area contributed by atoms with Crippen molar-refractivity contribution in [2.45, 2.75) is 42.3 Å². The van der Waals surface area contributed by atoms with Gasteiger partial charge in [-0.05, 0) is 54.3 Å². The molecule has 0 amide bonds. The maximum atomic E-state index is 12.2. The molecule has 1 atom stereocenters. The van der Waals surface area contributed by atoms with Gasteiger partial charge in [0.05, 0.1) is 5.69 Å². The first-order chi connectivity index (χ1) is 16.1. The molecule has 166 valence electrons. The molecule has 4 heterocycles. The largest absolute Gasteiger partial charge is 0.618 e. The Morgan fingerprint density at radius 1 is 1.21 bits per heavy atom. The minimum Gasteiger partial charge on any atom is -0.618 e. The maximum absolute atomic E-state index is 12.2. The molecule has 6 rings (SSSR count). The molecule has 1 fully saturated rings. The van der Waals surface area contributed by atoms with E-state index in [-0.39, 0.29) is 6.04 Å². The first-order valence-electron chi connectivity index (χ1n) is 11.2. The van der Waals surface area contributed by atoms with Crippen LogP contribution >= 0.6 is 11.8 Å². The van der Waals surface area contributed by atoms with Crippen LogP contribution in [0.25, 0.3) is 22.2 Å². The minimum atomic E-state index is 0.149. The Balaban J connectivity index is 1.45. The molecule has 1 aliphatic carbocycles. The highest BCUT2D eigenvalue weighted by atomic mass is 32.2. The standard InChI is InChI=1S/C25H24N6OS/c1-15-5-2-7-18-19(15)12-21-23(18)24(30-9-3-6-16(26)14-30)29-25(28-21)33-17-11-22-20(27-13-17)8-4-10-31(22)32/h2,4-5,7-8,10-11,13,16H,3,6,9,12,14,26H2,1H3/t16-/m1/s1. The van der Waals surface area contributed by atoms with Gasteiger partial charge in [-0.2, -0.15) is 4.73 Å². The predicted octanol–water partition coefficient (Wildman–Crippen LogP) is 3.62. The first kappa shape index (κ1) is 20.4. The Bertz CT molecular complexity index is 1390. The van der Waals surface area contributed by atoms with Gasteiger partial charge in [-0.15, -0.1) is 0 Å². The number of nitrogens with zero attached hydrogens (tertiary/aromatic N) is 5. The van der Waals surface area contributed by atoms with Crippen molar-refractivity contribution in [3.05, 3.63) is 70.8 Å². The van der Waals surface area contributed by atoms with Gasteiger partial charge < -0.3 is 15.8 Å². The summed E-state index contributed by atoms with van der Waals surface area (Å²) in [4.78, 5) is 17.6. The lowest BCUT2D eigenvalue weighted by Gasteiger charge is -2.33. The van der Waals surface area contributed by atoms with Crippen LogP contribution in [0.5, 0.6) is 0 Å². The third kappa shape index (κ3) is 3.59. The van der Waals surface area contributed by atoms with E-state index >= 15 is 0 Å². The third-order valence-electron chi connectivity index (χ3n) is 6.52. The normalized spacial score (nSPS) is 17.3. The number of hydrogen-bond donors (Lipinski definition) is 1. The molecular formula is C25H24N6OS. The number of nitrogens with two attached hydrogens (primary N) is 1. The van der Waals surface area contributed by atoms with Crippen LogP contribution in [0.3, 0.4) is 0 Å². The van der Waals surface area contributed by atoms with Crippen molar-refractivity contribution in [1.29, 1.82) is 0 Å². The average molecular weight is 457 g/mol. The van der Waals surface area contributed by atoms with Crippen LogP contribution in [-0.2, 0) is 6.42 Å². The molecule has 3 aromatic heterocycles. The summed E-state index contributed by atoms with van der Waals surface area (Å²) in [5, 5.41) is 12.9. The van der Waals surface area contributed by atoms with Crippen molar-refractivity contribution in [2.75, 3.05) is 18.0 Å². The second kappa shape index (κ2) is 7.97. The lowest BCUT2D eigenvalue weighted by atomic mass is 10.0. The molecule has 8 heteroatoms. The third-order valence-corrected chi connectivity index (χ3v) is 7.34. The van der Waals surface area contributed by atoms with E-state index in [1.165, 1.54) is 34.6 Å². The van der Waals surface area contributed by atoms with Gasteiger partial charge in [0.1, 0.15) is 11.3 Å². The molecule has 7 nitrogen and oxygen atoms in total. The van der Waals surface area contributed by atoms with E-state index in [0.29, 0.717) is 16.2 Å². The number of rotatable bonds is 3. The molecule has 4 aromatic rings. The number of pyridine rings is 2. The summed E-state index contributed by atoms with van der Waals surface area (Å²) in [6, 6.07) is 12.0. The SMILES string of the molecule is Cc1cccc2c1Cc1nc(Sc3cnc4ccc[n+]([O-])c4c3)nc(N3CCC[C@@H](N)C3)c1-2. The van der Waals surface area contributed by atoms with Gasteiger partial charge in [-0.3, -0.25) is 0 Å². The molecule has 2 N–H and O–H groups in total. The molecule has 1 aromatic carbocycles. The fourth-order valence-electron chi connectivity index (χ4n) is 4.90. The van der Waals surface area contributed by atoms with Crippen molar-refractivity contribution >= 4 is 28.6 Å². The van der Waals surface area contributed by atoms with Crippen LogP contribution in [0, 0.1) is 12.1 Å². The zero-order valence-electron chi connectivity index (χ0n) is 18.4. The minimum absolute atomic E-state index is 0.149. The monoisotopic (exact) mass is 456 g/mol. The van der Waals surface area contributed by atoms with Crippen molar-refractivity contribution in [3.8, 4) is 11.1 Å². The van der Waals surface area contributed by atoms with Crippen LogP contribution in [0.2, 0.25) is 0 Å². The Labute approximate surface area is 196 Å². The lowest BCUT2D eigenvalue weighted by molar-refractivity contribution is -0.577. The second-order valence-electron chi connectivity index (χ2n) is 8.79. The number of piperidine rings is 1. The van der Waals surface area contributed by atoms with Gasteiger partial charge in [0.15, 0.2) is 11.4 Å². The van der Waals surface area contributed by atoms with Crippen LogP contribution < -0.4 is 15.4 Å². The summed E-state index contributed by atoms with van der Waals surface area (Å²) in [5.74, 6) is 0.967. The summed E-state index contributed by atoms with van der Waals surface area (Å²) in [6.07, 6.45) is 6.16. The Morgan fingerprint density at radius 2 is 2.12 bits per heavy atom. The van der Waals surface area contributed by atoms with Crippen molar-refractivity contribution in [3.63, 3.8) is 0 Å². The molecular weight excluding hydrogens is 432 g/mol. The Morgan fingerprint density at radius 3 is 3.00 bits per heavy atom. The Hall–Kier alpha value is -3.23. The summed E-state index contributed by atoms with van der Waals surface area (Å²) < 4.78 is 0.843. The van der Waals surface area contributed by atoms with E-state index in [4.69, 9.17) is 15.7 Å². The van der Waals surface area contributed by atoms with Gasteiger partial charge in [0.2, 0.25) is 5.52 Å². The first-order valence-corrected chi connectivity index (χ1v) is 12.0. The zero-order chi connectivity index (χ0) is 22.5. The average Bonchev–Trinajstić information content (AvgIpc) is 3.19. The van der Waals surface area contributed by atoms with E-state index in [2.05, 4.69) is 35.0 Å². The van der Waals surface area contributed by atoms with E-state index < -0.39 is 0 Å². The highest BCUT2D eigenvalue weighted by molar-refractivity contribution is 7.99. The summed E-state index contributed by atoms with van der Waals surface area (Å²) >= 11 is 1.44. The number of anilines is 1. The summed E-state index contributed by atoms with van der Waals surface area (Å²) in [5.41, 5.74) is 13.6. The number of benzene rings is 1. The number of aromatic nitrogens is 4. The molecule has 0 saturated carbocycles. The van der Waals surface area contributed by atoms with Gasteiger partial charge in [0, 0.05) is 54.3 Å². The smallest absolute Gasteiger partial charge is 0.243 e. The molecule has 1 aliphatic heterocycles. The topological polar surface area (TPSA) is 94.9 Å². The van der Waals surface area contributed by atoms with Crippen LogP contribution in [-0.4, -0.2) is 34.1 Å². The molecule has 0 bridgehead atoms. The second-order valence-corrected chi connectivity index (χ2v) is 9.83. The summed E-state index contributed by atoms with van der Waals surface area (Å²) in [6.45, 7) is 3.89. The van der Waals surface area contributed by atoms with Gasteiger partial charge >= 0.3 is 0 Å². The number of aryl methyl sites for hydroxylation is 1. The van der Waals surface area contributed by atoms with E-state index in [1.807, 2.05) is 12.1 Å². The number of fused-ring (bicyclic) bond motifs is 4. The predicted molar refractivity (Wildman–Crippen MR) is 129 cm³/mol.